The number of aryl methyl sites for hydroxylation is 2. The fourth-order valence-electron chi connectivity index (χ4n) is 3.23. The van der Waals surface area contributed by atoms with E-state index in [1.807, 2.05) is 38.3 Å². The molecule has 2 aromatic heterocycles. The molecule has 0 amide bonds. The Bertz CT molecular complexity index is 1140. The molecular formula is C22H19FN2O2S. The monoisotopic (exact) mass is 394 g/mol. The molecule has 6 heteroatoms. The number of allylic oxidation sites excluding steroid dienone is 1. The van der Waals surface area contributed by atoms with Gasteiger partial charge in [0, 0.05) is 16.3 Å². The molecule has 0 bridgehead atoms. The van der Waals surface area contributed by atoms with Crippen LogP contribution in [0.15, 0.2) is 30.3 Å². The highest BCUT2D eigenvalue weighted by Crippen LogP contribution is 2.34. The first-order valence-electron chi connectivity index (χ1n) is 8.65. The number of hydrogen-bond acceptors (Lipinski definition) is 3. The lowest BCUT2D eigenvalue weighted by atomic mass is 10.0. The predicted octanol–water partition coefficient (Wildman–Crippen LogP) is 5.67. The van der Waals surface area contributed by atoms with E-state index >= 15 is 0 Å². The number of rotatable bonds is 4. The van der Waals surface area contributed by atoms with Crippen molar-refractivity contribution in [2.24, 2.45) is 0 Å². The highest BCUT2D eigenvalue weighted by Gasteiger charge is 2.23. The highest BCUT2D eigenvalue weighted by molar-refractivity contribution is 7.15. The first-order valence-corrected chi connectivity index (χ1v) is 9.46. The van der Waals surface area contributed by atoms with Gasteiger partial charge in [-0.15, -0.1) is 11.3 Å². The van der Waals surface area contributed by atoms with Crippen LogP contribution in [0.5, 0.6) is 0 Å². The van der Waals surface area contributed by atoms with Gasteiger partial charge in [-0.2, -0.15) is 5.26 Å². The van der Waals surface area contributed by atoms with Crippen LogP contribution in [0.1, 0.15) is 43.3 Å². The predicted molar refractivity (Wildman–Crippen MR) is 109 cm³/mol. The van der Waals surface area contributed by atoms with Crippen molar-refractivity contribution in [2.75, 3.05) is 0 Å². The lowest BCUT2D eigenvalue weighted by Gasteiger charge is -2.09. The Labute approximate surface area is 166 Å². The third-order valence-corrected chi connectivity index (χ3v) is 6.02. The molecule has 0 spiro atoms. The van der Waals surface area contributed by atoms with E-state index in [-0.39, 0.29) is 5.82 Å². The van der Waals surface area contributed by atoms with Crippen molar-refractivity contribution in [2.45, 2.75) is 27.7 Å². The van der Waals surface area contributed by atoms with Crippen molar-refractivity contribution in [3.63, 3.8) is 0 Å². The van der Waals surface area contributed by atoms with Crippen LogP contribution < -0.4 is 0 Å². The van der Waals surface area contributed by atoms with Gasteiger partial charge in [0.15, 0.2) is 0 Å². The Morgan fingerprint density at radius 2 is 1.86 bits per heavy atom. The van der Waals surface area contributed by atoms with Crippen molar-refractivity contribution in [3.8, 4) is 11.1 Å². The maximum Gasteiger partial charge on any atom is 0.339 e. The van der Waals surface area contributed by atoms with E-state index in [0.29, 0.717) is 21.7 Å². The van der Waals surface area contributed by atoms with Gasteiger partial charge in [0.05, 0.1) is 17.2 Å². The van der Waals surface area contributed by atoms with Crippen LogP contribution in [0, 0.1) is 44.8 Å². The van der Waals surface area contributed by atoms with Gasteiger partial charge in [-0.05, 0) is 68.7 Å². The van der Waals surface area contributed by atoms with E-state index in [2.05, 4.69) is 6.07 Å². The minimum atomic E-state index is -0.953. The van der Waals surface area contributed by atoms with E-state index < -0.39 is 5.97 Å². The molecular weight excluding hydrogens is 375 g/mol. The molecule has 0 fully saturated rings. The molecule has 0 aliphatic heterocycles. The number of carboxylic acid groups (broad SMARTS) is 1. The van der Waals surface area contributed by atoms with E-state index in [1.54, 1.807) is 18.2 Å². The zero-order valence-corrected chi connectivity index (χ0v) is 16.8. The molecule has 0 atom stereocenters. The minimum absolute atomic E-state index is 0.305. The number of aromatic nitrogens is 1. The summed E-state index contributed by atoms with van der Waals surface area (Å²) in [5.41, 5.74) is 4.65. The van der Waals surface area contributed by atoms with Crippen LogP contribution in [0.3, 0.4) is 0 Å². The Morgan fingerprint density at radius 1 is 1.21 bits per heavy atom. The topological polar surface area (TPSA) is 66.0 Å². The summed E-state index contributed by atoms with van der Waals surface area (Å²) in [4.78, 5) is 12.8. The first kappa shape index (κ1) is 19.6. The molecule has 0 saturated carbocycles. The quantitative estimate of drug-likeness (QED) is 0.580. The summed E-state index contributed by atoms with van der Waals surface area (Å²) in [7, 11) is 0. The van der Waals surface area contributed by atoms with Crippen LogP contribution in [0.25, 0.3) is 16.7 Å². The number of halogens is 1. The number of thiophene rings is 1. The zero-order valence-electron chi connectivity index (χ0n) is 16.0. The molecule has 3 rings (SSSR count). The zero-order chi connectivity index (χ0) is 20.6. The van der Waals surface area contributed by atoms with Crippen molar-refractivity contribution in [1.82, 2.24) is 4.57 Å². The number of benzene rings is 1. The third-order valence-electron chi connectivity index (χ3n) is 4.83. The number of carboxylic acids is 1. The van der Waals surface area contributed by atoms with E-state index in [9.17, 15) is 19.6 Å². The van der Waals surface area contributed by atoms with Crippen LogP contribution in [0.4, 0.5) is 4.39 Å². The summed E-state index contributed by atoms with van der Waals surface area (Å²) >= 11 is 1.44. The maximum atomic E-state index is 13.2. The van der Waals surface area contributed by atoms with Crippen LogP contribution >= 0.6 is 11.3 Å². The second-order valence-corrected chi connectivity index (χ2v) is 7.81. The van der Waals surface area contributed by atoms with Crippen LogP contribution in [-0.4, -0.2) is 15.6 Å². The Morgan fingerprint density at radius 3 is 2.43 bits per heavy atom. The Kier molecular flexibility index (Phi) is 5.21. The molecule has 3 aromatic rings. The molecule has 4 nitrogen and oxygen atoms in total. The highest BCUT2D eigenvalue weighted by atomic mass is 32.1. The molecule has 0 radical (unpaired) electrons. The third kappa shape index (κ3) is 3.37. The van der Waals surface area contributed by atoms with Crippen LogP contribution in [0.2, 0.25) is 0 Å². The molecule has 0 unspecified atom stereocenters. The second kappa shape index (κ2) is 7.45. The van der Waals surface area contributed by atoms with Gasteiger partial charge in [0.25, 0.3) is 0 Å². The van der Waals surface area contributed by atoms with Gasteiger partial charge < -0.3 is 9.67 Å². The first-order chi connectivity index (χ1) is 13.2. The minimum Gasteiger partial charge on any atom is -0.478 e. The smallest absolute Gasteiger partial charge is 0.339 e. The van der Waals surface area contributed by atoms with Crippen LogP contribution in [-0.2, 0) is 0 Å². The molecule has 28 heavy (non-hydrogen) atoms. The Hall–Kier alpha value is -3.17. The van der Waals surface area contributed by atoms with Gasteiger partial charge in [-0.1, -0.05) is 12.1 Å². The largest absolute Gasteiger partial charge is 0.478 e. The van der Waals surface area contributed by atoms with Gasteiger partial charge >= 0.3 is 5.97 Å². The van der Waals surface area contributed by atoms with Gasteiger partial charge in [-0.25, -0.2) is 9.18 Å². The second-order valence-electron chi connectivity index (χ2n) is 6.61. The number of aromatic carboxylic acids is 1. The normalized spacial score (nSPS) is 11.5. The van der Waals surface area contributed by atoms with Gasteiger partial charge in [0.2, 0.25) is 0 Å². The SMILES string of the molecule is Cc1sc(-n2c(C)cc(/C=C(\C#N)c3ccc(F)cc3)c2C)c(C(=O)O)c1C. The summed E-state index contributed by atoms with van der Waals surface area (Å²) in [6.07, 6.45) is 1.75. The summed E-state index contributed by atoms with van der Waals surface area (Å²) in [5.74, 6) is -1.31. The Balaban J connectivity index is 2.16. The summed E-state index contributed by atoms with van der Waals surface area (Å²) in [6.45, 7) is 7.53. The molecule has 1 N–H and O–H groups in total. The van der Waals surface area contributed by atoms with Gasteiger partial charge in [-0.3, -0.25) is 0 Å². The number of nitrogens with zero attached hydrogens (tertiary/aromatic N) is 2. The summed E-state index contributed by atoms with van der Waals surface area (Å²) in [6, 6.07) is 9.86. The number of nitriles is 1. The molecule has 0 aliphatic rings. The summed E-state index contributed by atoms with van der Waals surface area (Å²) in [5, 5.41) is 19.9. The maximum absolute atomic E-state index is 13.2. The molecule has 1 aromatic carbocycles. The molecule has 142 valence electrons. The molecule has 0 aliphatic carbocycles. The van der Waals surface area contributed by atoms with E-state index in [4.69, 9.17) is 0 Å². The van der Waals surface area contributed by atoms with Gasteiger partial charge in [0.1, 0.15) is 10.8 Å². The van der Waals surface area contributed by atoms with Crippen molar-refractivity contribution >= 4 is 29.0 Å². The number of hydrogen-bond donors (Lipinski definition) is 1. The average Bonchev–Trinajstić information content (AvgIpc) is 3.09. The average molecular weight is 394 g/mol. The van der Waals surface area contributed by atoms with Crippen molar-refractivity contribution in [1.29, 1.82) is 5.26 Å². The summed E-state index contributed by atoms with van der Waals surface area (Å²) < 4.78 is 15.1. The number of carbonyl (C=O) groups is 1. The van der Waals surface area contributed by atoms with Crippen molar-refractivity contribution in [3.05, 3.63) is 74.7 Å². The van der Waals surface area contributed by atoms with E-state index in [1.165, 1.54) is 23.5 Å². The lowest BCUT2D eigenvalue weighted by molar-refractivity contribution is 0.0696. The van der Waals surface area contributed by atoms with E-state index in [0.717, 1.165) is 27.4 Å². The van der Waals surface area contributed by atoms with Crippen molar-refractivity contribution < 1.29 is 14.3 Å². The standard InChI is InChI=1S/C22H19FN2O2S/c1-12-9-17(10-18(11-24)16-5-7-19(23)8-6-16)14(3)25(12)21-20(22(26)27)13(2)15(4)28-21/h5-10H,1-4H3,(H,26,27)/b18-10+. The lowest BCUT2D eigenvalue weighted by Crippen LogP contribution is -2.06. The molecule has 2 heterocycles. The fraction of sp³-hybridized carbons (Fsp3) is 0.182. The fourth-order valence-corrected chi connectivity index (χ4v) is 4.49. The molecule has 0 saturated heterocycles.